The maximum atomic E-state index is 13.1. The van der Waals surface area contributed by atoms with Crippen molar-refractivity contribution in [2.24, 2.45) is 11.3 Å². The Hall–Kier alpha value is -2.61. The molecule has 3 atom stereocenters. The number of rotatable bonds is 7. The van der Waals surface area contributed by atoms with E-state index in [9.17, 15) is 14.4 Å². The van der Waals surface area contributed by atoms with Gasteiger partial charge in [-0.05, 0) is 56.5 Å². The predicted octanol–water partition coefficient (Wildman–Crippen LogP) is 6.29. The Balaban J connectivity index is 1.88. The molecule has 0 aromatic heterocycles. The van der Waals surface area contributed by atoms with Crippen LogP contribution in [-0.4, -0.2) is 30.7 Å². The van der Waals surface area contributed by atoms with Crippen LogP contribution in [0.3, 0.4) is 0 Å². The number of amides is 1. The molecule has 2 aromatic rings. The van der Waals surface area contributed by atoms with Crippen molar-refractivity contribution in [3.05, 3.63) is 63.6 Å². The zero-order chi connectivity index (χ0) is 26.6. The first-order valence-corrected chi connectivity index (χ1v) is 12.5. The predicted molar refractivity (Wildman–Crippen MR) is 138 cm³/mol. The smallest absolute Gasteiger partial charge is 0.314 e. The second-order valence-electron chi connectivity index (χ2n) is 10.1. The Morgan fingerprint density at radius 1 is 1.08 bits per heavy atom. The zero-order valence-corrected chi connectivity index (χ0v) is 22.5. The van der Waals surface area contributed by atoms with Crippen molar-refractivity contribution in [3.8, 4) is 0 Å². The van der Waals surface area contributed by atoms with Crippen molar-refractivity contribution in [1.29, 1.82) is 0 Å². The molecule has 1 unspecified atom stereocenters. The Labute approximate surface area is 221 Å². The second-order valence-corrected chi connectivity index (χ2v) is 10.9. The molecule has 1 heterocycles. The summed E-state index contributed by atoms with van der Waals surface area (Å²) >= 11 is 12.9. The fourth-order valence-electron chi connectivity index (χ4n) is 4.02. The van der Waals surface area contributed by atoms with E-state index < -0.39 is 42.3 Å². The summed E-state index contributed by atoms with van der Waals surface area (Å²) in [7, 11) is 0. The molecular formula is C27H31Cl2NO6. The van der Waals surface area contributed by atoms with E-state index in [1.165, 1.54) is 0 Å². The fraction of sp³-hybridized carbons (Fsp3) is 0.444. The van der Waals surface area contributed by atoms with Crippen LogP contribution in [0, 0.1) is 11.3 Å². The van der Waals surface area contributed by atoms with Gasteiger partial charge in [0.2, 0.25) is 6.79 Å². The quantitative estimate of drug-likeness (QED) is 0.330. The molecule has 0 saturated carbocycles. The summed E-state index contributed by atoms with van der Waals surface area (Å²) in [6.07, 6.45) is -2.17. The van der Waals surface area contributed by atoms with E-state index in [1.807, 2.05) is 32.0 Å². The highest BCUT2D eigenvalue weighted by Crippen LogP contribution is 2.46. The lowest BCUT2D eigenvalue weighted by Crippen LogP contribution is -2.34. The first kappa shape index (κ1) is 28.0. The molecule has 1 N–H and O–H groups in total. The molecular weight excluding hydrogens is 505 g/mol. The van der Waals surface area contributed by atoms with Crippen LogP contribution in [0.25, 0.3) is 0 Å². The number of nitrogens with one attached hydrogen (secondary N) is 1. The number of hydrogen-bond acceptors (Lipinski definition) is 6. The summed E-state index contributed by atoms with van der Waals surface area (Å²) in [4.78, 5) is 37.5. The van der Waals surface area contributed by atoms with Crippen LogP contribution < -0.4 is 5.32 Å². The molecule has 0 saturated heterocycles. The van der Waals surface area contributed by atoms with Gasteiger partial charge >= 0.3 is 11.9 Å². The lowest BCUT2D eigenvalue weighted by Gasteiger charge is -2.32. The van der Waals surface area contributed by atoms with Gasteiger partial charge in [-0.1, -0.05) is 55.2 Å². The van der Waals surface area contributed by atoms with E-state index in [0.717, 1.165) is 5.56 Å². The molecule has 0 spiro atoms. The van der Waals surface area contributed by atoms with E-state index in [-0.39, 0.29) is 18.3 Å². The number of hydrogen-bond donors (Lipinski definition) is 1. The highest BCUT2D eigenvalue weighted by atomic mass is 35.5. The number of benzene rings is 2. The van der Waals surface area contributed by atoms with Gasteiger partial charge in [-0.15, -0.1) is 0 Å². The summed E-state index contributed by atoms with van der Waals surface area (Å²) in [5.41, 5.74) is 1.35. The molecule has 194 valence electrons. The van der Waals surface area contributed by atoms with Crippen molar-refractivity contribution in [3.63, 3.8) is 0 Å². The van der Waals surface area contributed by atoms with Crippen LogP contribution in [0.15, 0.2) is 42.5 Å². The van der Waals surface area contributed by atoms with E-state index in [2.05, 4.69) is 5.32 Å². The van der Waals surface area contributed by atoms with Crippen molar-refractivity contribution >= 4 is 46.7 Å². The van der Waals surface area contributed by atoms with Gasteiger partial charge in [-0.25, -0.2) is 0 Å². The van der Waals surface area contributed by atoms with Crippen molar-refractivity contribution in [2.45, 2.75) is 59.2 Å². The SMILES string of the molecule is CC(C)C(c1ccccc1Cl)[C@@H]1O[C@@H](CC(=O)OCOC(=O)C(C)(C)C)C(=O)Nc2ccc(Cl)cc21. The standard InChI is InChI=1S/C27H31Cl2NO6/c1-15(2)23(17-8-6-7-9-19(17)29)24-18-12-16(28)10-11-20(18)30-25(32)21(36-24)13-22(31)34-14-35-26(33)27(3,4)5/h6-12,15,21,23-24H,13-14H2,1-5H3,(H,30,32)/t21-,23?,24+/m0/s1. The summed E-state index contributed by atoms with van der Waals surface area (Å²) in [6.45, 7) is 8.60. The third-order valence-corrected chi connectivity index (χ3v) is 6.44. The number of esters is 2. The molecule has 0 fully saturated rings. The molecule has 3 rings (SSSR count). The first-order chi connectivity index (χ1) is 16.9. The lowest BCUT2D eigenvalue weighted by molar-refractivity contribution is -0.175. The van der Waals surface area contributed by atoms with Crippen LogP contribution in [-0.2, 0) is 28.6 Å². The summed E-state index contributed by atoms with van der Waals surface area (Å²) in [6, 6.07) is 12.6. The maximum Gasteiger partial charge on any atom is 0.314 e. The normalized spacial score (nSPS) is 18.6. The molecule has 1 amide bonds. The van der Waals surface area contributed by atoms with Crippen molar-refractivity contribution < 1.29 is 28.6 Å². The van der Waals surface area contributed by atoms with Gasteiger partial charge in [-0.2, -0.15) is 0 Å². The highest BCUT2D eigenvalue weighted by molar-refractivity contribution is 6.31. The number of carbonyl (C=O) groups is 3. The Morgan fingerprint density at radius 3 is 2.42 bits per heavy atom. The lowest BCUT2D eigenvalue weighted by atomic mass is 9.80. The molecule has 0 bridgehead atoms. The average molecular weight is 536 g/mol. The highest BCUT2D eigenvalue weighted by Gasteiger charge is 2.39. The number of carbonyl (C=O) groups excluding carboxylic acids is 3. The van der Waals surface area contributed by atoms with Gasteiger partial charge in [0.1, 0.15) is 6.10 Å². The molecule has 36 heavy (non-hydrogen) atoms. The molecule has 0 radical (unpaired) electrons. The van der Waals surface area contributed by atoms with Crippen molar-refractivity contribution in [2.75, 3.05) is 12.1 Å². The van der Waals surface area contributed by atoms with E-state index in [4.69, 9.17) is 37.4 Å². The molecule has 1 aliphatic heterocycles. The Morgan fingerprint density at radius 2 is 1.78 bits per heavy atom. The van der Waals surface area contributed by atoms with Gasteiger partial charge in [0, 0.05) is 27.2 Å². The van der Waals surface area contributed by atoms with E-state index in [0.29, 0.717) is 21.3 Å². The molecule has 0 aliphatic carbocycles. The Kier molecular flexibility index (Phi) is 9.03. The zero-order valence-electron chi connectivity index (χ0n) is 21.0. The monoisotopic (exact) mass is 535 g/mol. The molecule has 9 heteroatoms. The topological polar surface area (TPSA) is 90.9 Å². The van der Waals surface area contributed by atoms with Crippen molar-refractivity contribution in [1.82, 2.24) is 0 Å². The van der Waals surface area contributed by atoms with Crippen LogP contribution in [0.5, 0.6) is 0 Å². The third kappa shape index (κ3) is 6.78. The van der Waals surface area contributed by atoms with Crippen LogP contribution >= 0.6 is 23.2 Å². The van der Waals surface area contributed by atoms with Crippen LogP contribution in [0.2, 0.25) is 10.0 Å². The minimum Gasteiger partial charge on any atom is -0.428 e. The summed E-state index contributed by atoms with van der Waals surface area (Å²) in [5.74, 6) is -1.94. The summed E-state index contributed by atoms with van der Waals surface area (Å²) < 4.78 is 16.4. The van der Waals surface area contributed by atoms with Crippen LogP contribution in [0.1, 0.15) is 64.2 Å². The minimum atomic E-state index is -1.16. The average Bonchev–Trinajstić information content (AvgIpc) is 2.91. The molecule has 7 nitrogen and oxygen atoms in total. The van der Waals surface area contributed by atoms with Gasteiger partial charge in [-0.3, -0.25) is 14.4 Å². The largest absolute Gasteiger partial charge is 0.428 e. The van der Waals surface area contributed by atoms with Gasteiger partial charge < -0.3 is 19.5 Å². The van der Waals surface area contributed by atoms with Crippen LogP contribution in [0.4, 0.5) is 5.69 Å². The molecule has 1 aliphatic rings. The van der Waals surface area contributed by atoms with Gasteiger partial charge in [0.25, 0.3) is 5.91 Å². The number of anilines is 1. The number of fused-ring (bicyclic) bond motifs is 1. The second kappa shape index (κ2) is 11.6. The number of halogens is 2. The number of ether oxygens (including phenoxy) is 3. The maximum absolute atomic E-state index is 13.1. The summed E-state index contributed by atoms with van der Waals surface area (Å²) in [5, 5.41) is 3.90. The first-order valence-electron chi connectivity index (χ1n) is 11.7. The molecule has 2 aromatic carbocycles. The van der Waals surface area contributed by atoms with Gasteiger partial charge in [0.05, 0.1) is 17.9 Å². The third-order valence-electron chi connectivity index (χ3n) is 5.86. The van der Waals surface area contributed by atoms with Gasteiger partial charge in [0.15, 0.2) is 0 Å². The Bertz CT molecular complexity index is 1130. The fourth-order valence-corrected chi connectivity index (χ4v) is 4.46. The van der Waals surface area contributed by atoms with E-state index in [1.54, 1.807) is 45.0 Å². The minimum absolute atomic E-state index is 0.0549. The van der Waals surface area contributed by atoms with E-state index >= 15 is 0 Å².